The van der Waals surface area contributed by atoms with E-state index >= 15 is 0 Å². The second kappa shape index (κ2) is 6.09. The number of thiocarbonyl (C=S) groups is 1. The Kier molecular flexibility index (Phi) is 4.29. The SMILES string of the molecule is CN1CCN(C(=S)Nc2ccc3oc(C(C)(C)C)nc3c2)CC1. The molecule has 1 fully saturated rings. The molecule has 2 aromatic rings. The fourth-order valence-corrected chi connectivity index (χ4v) is 2.84. The van der Waals surface area contributed by atoms with E-state index in [0.29, 0.717) is 0 Å². The summed E-state index contributed by atoms with van der Waals surface area (Å²) in [7, 11) is 2.14. The largest absolute Gasteiger partial charge is 0.440 e. The number of rotatable bonds is 1. The van der Waals surface area contributed by atoms with Crippen LogP contribution in [0.5, 0.6) is 0 Å². The normalized spacial score (nSPS) is 16.8. The minimum absolute atomic E-state index is 0.0955. The van der Waals surface area contributed by atoms with Crippen molar-refractivity contribution in [2.24, 2.45) is 0 Å². The van der Waals surface area contributed by atoms with Crippen molar-refractivity contribution in [2.45, 2.75) is 26.2 Å². The molecule has 1 N–H and O–H groups in total. The van der Waals surface area contributed by atoms with Gasteiger partial charge in [0.2, 0.25) is 5.89 Å². The third kappa shape index (κ3) is 3.64. The number of benzene rings is 1. The van der Waals surface area contributed by atoms with Crippen molar-refractivity contribution in [3.8, 4) is 0 Å². The number of nitrogens with one attached hydrogen (secondary N) is 1. The summed E-state index contributed by atoms with van der Waals surface area (Å²) in [4.78, 5) is 9.13. The second-order valence-electron chi connectivity index (χ2n) is 7.17. The monoisotopic (exact) mass is 332 g/mol. The molecule has 6 heteroatoms. The maximum Gasteiger partial charge on any atom is 0.200 e. The van der Waals surface area contributed by atoms with Crippen molar-refractivity contribution in [2.75, 3.05) is 38.5 Å². The topological polar surface area (TPSA) is 44.5 Å². The van der Waals surface area contributed by atoms with E-state index in [2.05, 4.69) is 47.9 Å². The highest BCUT2D eigenvalue weighted by molar-refractivity contribution is 7.80. The van der Waals surface area contributed by atoms with Gasteiger partial charge in [-0.25, -0.2) is 4.98 Å². The molecular formula is C17H24N4OS. The first kappa shape index (κ1) is 16.2. The molecule has 2 heterocycles. The molecule has 23 heavy (non-hydrogen) atoms. The molecule has 0 spiro atoms. The molecule has 1 aliphatic heterocycles. The van der Waals surface area contributed by atoms with Gasteiger partial charge in [-0.3, -0.25) is 0 Å². The Labute approximate surface area is 142 Å². The molecule has 1 aromatic carbocycles. The first-order valence-electron chi connectivity index (χ1n) is 7.98. The molecule has 3 rings (SSSR count). The van der Waals surface area contributed by atoms with Gasteiger partial charge in [-0.15, -0.1) is 0 Å². The van der Waals surface area contributed by atoms with Gasteiger partial charge in [-0.1, -0.05) is 20.8 Å². The highest BCUT2D eigenvalue weighted by Crippen LogP contribution is 2.27. The predicted octanol–water partition coefficient (Wildman–Crippen LogP) is 3.07. The van der Waals surface area contributed by atoms with Crippen LogP contribution in [0.25, 0.3) is 11.1 Å². The first-order chi connectivity index (χ1) is 10.8. The molecule has 0 saturated carbocycles. The zero-order chi connectivity index (χ0) is 16.6. The lowest BCUT2D eigenvalue weighted by molar-refractivity contribution is 0.217. The number of anilines is 1. The van der Waals surface area contributed by atoms with E-state index in [4.69, 9.17) is 16.6 Å². The molecule has 1 aliphatic rings. The summed E-state index contributed by atoms with van der Waals surface area (Å²) in [6, 6.07) is 5.94. The van der Waals surface area contributed by atoms with Crippen LogP contribution in [0.1, 0.15) is 26.7 Å². The maximum atomic E-state index is 5.83. The van der Waals surface area contributed by atoms with Crippen LogP contribution < -0.4 is 5.32 Å². The lowest BCUT2D eigenvalue weighted by Crippen LogP contribution is -2.48. The zero-order valence-electron chi connectivity index (χ0n) is 14.2. The Bertz CT molecular complexity index is 711. The highest BCUT2D eigenvalue weighted by atomic mass is 32.1. The van der Waals surface area contributed by atoms with E-state index in [-0.39, 0.29) is 5.41 Å². The van der Waals surface area contributed by atoms with E-state index < -0.39 is 0 Å². The number of piperazine rings is 1. The van der Waals surface area contributed by atoms with Crippen molar-refractivity contribution in [1.29, 1.82) is 0 Å². The number of hydrogen-bond donors (Lipinski definition) is 1. The zero-order valence-corrected chi connectivity index (χ0v) is 15.0. The third-order valence-electron chi connectivity index (χ3n) is 4.07. The minimum atomic E-state index is -0.0955. The van der Waals surface area contributed by atoms with Crippen LogP contribution in [0, 0.1) is 0 Å². The number of likely N-dealkylation sites (N-methyl/N-ethyl adjacent to an activating group) is 1. The molecule has 1 aromatic heterocycles. The molecule has 0 bridgehead atoms. The quantitative estimate of drug-likeness (QED) is 0.810. The number of hydrogen-bond acceptors (Lipinski definition) is 4. The van der Waals surface area contributed by atoms with E-state index in [1.807, 2.05) is 18.2 Å². The Morgan fingerprint density at radius 2 is 1.91 bits per heavy atom. The van der Waals surface area contributed by atoms with Gasteiger partial charge in [-0.05, 0) is 37.5 Å². The predicted molar refractivity (Wildman–Crippen MR) is 98.0 cm³/mol. The number of fused-ring (bicyclic) bond motifs is 1. The van der Waals surface area contributed by atoms with Gasteiger partial charge < -0.3 is 19.5 Å². The standard InChI is InChI=1S/C17H24N4OS/c1-17(2,3)15-19-13-11-12(5-6-14(13)22-15)18-16(23)21-9-7-20(4)8-10-21/h5-6,11H,7-10H2,1-4H3,(H,18,23). The van der Waals surface area contributed by atoms with Crippen LogP contribution in [0.2, 0.25) is 0 Å². The molecule has 1 saturated heterocycles. The second-order valence-corrected chi connectivity index (χ2v) is 7.56. The lowest BCUT2D eigenvalue weighted by Gasteiger charge is -2.34. The summed E-state index contributed by atoms with van der Waals surface area (Å²) in [5.74, 6) is 0.756. The average molecular weight is 332 g/mol. The average Bonchev–Trinajstić information content (AvgIpc) is 2.91. The van der Waals surface area contributed by atoms with Crippen molar-refractivity contribution in [3.05, 3.63) is 24.1 Å². The van der Waals surface area contributed by atoms with Gasteiger partial charge in [0.1, 0.15) is 5.52 Å². The van der Waals surface area contributed by atoms with Crippen LogP contribution in [-0.4, -0.2) is 53.1 Å². The molecule has 0 aliphatic carbocycles. The molecular weight excluding hydrogens is 308 g/mol. The van der Waals surface area contributed by atoms with Crippen LogP contribution in [-0.2, 0) is 5.41 Å². The van der Waals surface area contributed by atoms with Gasteiger partial charge in [0, 0.05) is 37.3 Å². The minimum Gasteiger partial charge on any atom is -0.440 e. The molecule has 124 valence electrons. The Balaban J connectivity index is 1.74. The molecule has 5 nitrogen and oxygen atoms in total. The Morgan fingerprint density at radius 3 is 2.57 bits per heavy atom. The van der Waals surface area contributed by atoms with E-state index in [1.165, 1.54) is 0 Å². The molecule has 0 radical (unpaired) electrons. The maximum absolute atomic E-state index is 5.83. The van der Waals surface area contributed by atoms with Crippen LogP contribution in [0.15, 0.2) is 22.6 Å². The van der Waals surface area contributed by atoms with E-state index in [9.17, 15) is 0 Å². The third-order valence-corrected chi connectivity index (χ3v) is 4.43. The highest BCUT2D eigenvalue weighted by Gasteiger charge is 2.21. The Morgan fingerprint density at radius 1 is 1.22 bits per heavy atom. The molecule has 0 amide bonds. The molecule has 0 unspecified atom stereocenters. The van der Waals surface area contributed by atoms with E-state index in [1.54, 1.807) is 0 Å². The summed E-state index contributed by atoms with van der Waals surface area (Å²) >= 11 is 5.53. The molecule has 0 atom stereocenters. The summed E-state index contributed by atoms with van der Waals surface area (Å²) in [6.45, 7) is 10.3. The fourth-order valence-electron chi connectivity index (χ4n) is 2.54. The fraction of sp³-hybridized carbons (Fsp3) is 0.529. The van der Waals surface area contributed by atoms with Crippen molar-refractivity contribution in [1.82, 2.24) is 14.8 Å². The van der Waals surface area contributed by atoms with Crippen LogP contribution >= 0.6 is 12.2 Å². The number of nitrogens with zero attached hydrogens (tertiary/aromatic N) is 3. The summed E-state index contributed by atoms with van der Waals surface area (Å²) in [6.07, 6.45) is 0. The van der Waals surface area contributed by atoms with Crippen molar-refractivity contribution in [3.63, 3.8) is 0 Å². The number of oxazole rings is 1. The van der Waals surface area contributed by atoms with Crippen LogP contribution in [0.3, 0.4) is 0 Å². The van der Waals surface area contributed by atoms with Gasteiger partial charge >= 0.3 is 0 Å². The van der Waals surface area contributed by atoms with Crippen LogP contribution in [0.4, 0.5) is 5.69 Å². The van der Waals surface area contributed by atoms with Gasteiger partial charge in [0.05, 0.1) is 0 Å². The first-order valence-corrected chi connectivity index (χ1v) is 8.39. The van der Waals surface area contributed by atoms with E-state index in [0.717, 1.165) is 54.0 Å². The summed E-state index contributed by atoms with van der Waals surface area (Å²) in [5, 5.41) is 4.10. The lowest BCUT2D eigenvalue weighted by atomic mass is 9.97. The van der Waals surface area contributed by atoms with Crippen molar-refractivity contribution < 1.29 is 4.42 Å². The smallest absolute Gasteiger partial charge is 0.200 e. The number of aromatic nitrogens is 1. The summed E-state index contributed by atoms with van der Waals surface area (Å²) in [5.41, 5.74) is 2.53. The van der Waals surface area contributed by atoms with Gasteiger partial charge in [0.15, 0.2) is 10.7 Å². The van der Waals surface area contributed by atoms with Crippen molar-refractivity contribution >= 4 is 34.1 Å². The Hall–Kier alpha value is -1.66. The van der Waals surface area contributed by atoms with Gasteiger partial charge in [0.25, 0.3) is 0 Å². The van der Waals surface area contributed by atoms with Gasteiger partial charge in [-0.2, -0.15) is 0 Å². The summed E-state index contributed by atoms with van der Waals surface area (Å²) < 4.78 is 5.83.